The Labute approximate surface area is 181 Å². The molecule has 1 amide bonds. The Balaban J connectivity index is 1.60. The number of esters is 1. The lowest BCUT2D eigenvalue weighted by molar-refractivity contribution is -0.137. The number of amides is 1. The number of nitrogens with zero attached hydrogens (tertiary/aromatic N) is 1. The molecule has 1 heterocycles. The van der Waals surface area contributed by atoms with Gasteiger partial charge in [0, 0.05) is 24.2 Å². The van der Waals surface area contributed by atoms with E-state index in [0.717, 1.165) is 43.0 Å². The average molecular weight is 428 g/mol. The van der Waals surface area contributed by atoms with Gasteiger partial charge in [0.05, 0.1) is 29.2 Å². The maximum Gasteiger partial charge on any atom is 0.330 e. The zero-order valence-electron chi connectivity index (χ0n) is 17.0. The molecular weight excluding hydrogens is 402 g/mol. The minimum Gasteiger partial charge on any atom is -0.463 e. The van der Waals surface area contributed by atoms with Crippen LogP contribution >= 0.6 is 11.6 Å². The summed E-state index contributed by atoms with van der Waals surface area (Å²) in [7, 11) is 0. The average Bonchev–Trinajstić information content (AvgIpc) is 2.85. The zero-order valence-corrected chi connectivity index (χ0v) is 17.7. The van der Waals surface area contributed by atoms with Gasteiger partial charge in [-0.2, -0.15) is 0 Å². The number of ether oxygens (including phenoxy) is 1. The first kappa shape index (κ1) is 21.9. The van der Waals surface area contributed by atoms with Gasteiger partial charge in [-0.3, -0.25) is 4.79 Å². The molecule has 0 radical (unpaired) electrons. The van der Waals surface area contributed by atoms with Crippen LogP contribution in [0.2, 0.25) is 5.02 Å². The second kappa shape index (κ2) is 10.8. The number of hydrogen-bond donors (Lipinski definition) is 2. The first-order chi connectivity index (χ1) is 14.6. The molecule has 2 aromatic rings. The van der Waals surface area contributed by atoms with Crippen molar-refractivity contribution >= 4 is 40.5 Å². The summed E-state index contributed by atoms with van der Waals surface area (Å²) in [6.45, 7) is 4.35. The first-order valence-electron chi connectivity index (χ1n) is 10.1. The molecule has 1 aliphatic heterocycles. The Morgan fingerprint density at radius 2 is 2.03 bits per heavy atom. The molecule has 0 atom stereocenters. The maximum atomic E-state index is 12.6. The van der Waals surface area contributed by atoms with Crippen molar-refractivity contribution in [2.24, 2.45) is 0 Å². The van der Waals surface area contributed by atoms with Gasteiger partial charge in [0.1, 0.15) is 0 Å². The molecule has 0 saturated carbocycles. The fourth-order valence-corrected chi connectivity index (χ4v) is 3.51. The fraction of sp³-hybridized carbons (Fsp3) is 0.304. The Hall–Kier alpha value is -2.83. The number of para-hydroxylation sites is 1. The molecule has 0 fully saturated rings. The van der Waals surface area contributed by atoms with Crippen LogP contribution in [0, 0.1) is 0 Å². The molecular formula is C23H26ClN3O3. The number of benzene rings is 2. The van der Waals surface area contributed by atoms with Crippen molar-refractivity contribution in [3.8, 4) is 0 Å². The van der Waals surface area contributed by atoms with E-state index in [1.807, 2.05) is 36.4 Å². The molecule has 158 valence electrons. The summed E-state index contributed by atoms with van der Waals surface area (Å²) in [5.41, 5.74) is 3.17. The van der Waals surface area contributed by atoms with Gasteiger partial charge in [-0.1, -0.05) is 29.8 Å². The van der Waals surface area contributed by atoms with Crippen LogP contribution in [-0.2, 0) is 9.53 Å². The lowest BCUT2D eigenvalue weighted by Crippen LogP contribution is -2.21. The van der Waals surface area contributed by atoms with E-state index in [4.69, 9.17) is 16.3 Å². The van der Waals surface area contributed by atoms with Gasteiger partial charge < -0.3 is 20.3 Å². The lowest BCUT2D eigenvalue weighted by Gasteiger charge is -2.26. The Bertz CT molecular complexity index is 930. The van der Waals surface area contributed by atoms with Crippen molar-refractivity contribution in [1.82, 2.24) is 5.32 Å². The van der Waals surface area contributed by atoms with Gasteiger partial charge in [0.25, 0.3) is 5.91 Å². The molecule has 2 aromatic carbocycles. The van der Waals surface area contributed by atoms with Crippen LogP contribution in [0.4, 0.5) is 17.1 Å². The van der Waals surface area contributed by atoms with Gasteiger partial charge >= 0.3 is 5.97 Å². The summed E-state index contributed by atoms with van der Waals surface area (Å²) in [4.78, 5) is 26.0. The quantitative estimate of drug-likeness (QED) is 0.349. The second-order valence-corrected chi connectivity index (χ2v) is 7.29. The first-order valence-corrected chi connectivity index (χ1v) is 10.5. The number of rotatable bonds is 9. The van der Waals surface area contributed by atoms with Gasteiger partial charge in [0.2, 0.25) is 0 Å². The van der Waals surface area contributed by atoms with Crippen LogP contribution in [0.15, 0.2) is 54.6 Å². The molecule has 0 bridgehead atoms. The van der Waals surface area contributed by atoms with Gasteiger partial charge in [-0.25, -0.2) is 4.79 Å². The SMILES string of the molecule is CCOC(=O)/C=C/CNCCCCN1c2cc(Cl)ccc2NC(=O)c2ccccc21. The van der Waals surface area contributed by atoms with Crippen molar-refractivity contribution in [3.63, 3.8) is 0 Å². The predicted octanol–water partition coefficient (Wildman–Crippen LogP) is 4.53. The smallest absolute Gasteiger partial charge is 0.330 e. The Morgan fingerprint density at radius 3 is 2.87 bits per heavy atom. The van der Waals surface area contributed by atoms with E-state index in [0.29, 0.717) is 23.7 Å². The number of fused-ring (bicyclic) bond motifs is 2. The van der Waals surface area contributed by atoms with Crippen molar-refractivity contribution in [1.29, 1.82) is 0 Å². The summed E-state index contributed by atoms with van der Waals surface area (Å²) in [6, 6.07) is 13.1. The number of hydrogen-bond acceptors (Lipinski definition) is 5. The Kier molecular flexibility index (Phi) is 7.88. The summed E-state index contributed by atoms with van der Waals surface area (Å²) >= 11 is 6.24. The van der Waals surface area contributed by atoms with Gasteiger partial charge in [-0.15, -0.1) is 0 Å². The third-order valence-corrected chi connectivity index (χ3v) is 4.96. The summed E-state index contributed by atoms with van der Waals surface area (Å²) in [6.07, 6.45) is 5.07. The minimum absolute atomic E-state index is 0.119. The maximum absolute atomic E-state index is 12.6. The number of halogens is 1. The largest absolute Gasteiger partial charge is 0.463 e. The second-order valence-electron chi connectivity index (χ2n) is 6.85. The van der Waals surface area contributed by atoms with Crippen molar-refractivity contribution in [2.75, 3.05) is 36.5 Å². The van der Waals surface area contributed by atoms with Crippen molar-refractivity contribution in [3.05, 3.63) is 65.2 Å². The van der Waals surface area contributed by atoms with Crippen LogP contribution in [0.5, 0.6) is 0 Å². The van der Waals surface area contributed by atoms with E-state index >= 15 is 0 Å². The van der Waals surface area contributed by atoms with E-state index in [1.165, 1.54) is 6.08 Å². The molecule has 0 saturated heterocycles. The van der Waals surface area contributed by atoms with Crippen LogP contribution in [0.25, 0.3) is 0 Å². The number of nitrogens with one attached hydrogen (secondary N) is 2. The fourth-order valence-electron chi connectivity index (χ4n) is 3.35. The number of carbonyl (C=O) groups is 2. The molecule has 2 N–H and O–H groups in total. The van der Waals surface area contributed by atoms with Crippen LogP contribution in [-0.4, -0.2) is 38.1 Å². The number of carbonyl (C=O) groups excluding carboxylic acids is 2. The lowest BCUT2D eigenvalue weighted by atomic mass is 10.1. The van der Waals surface area contributed by atoms with Gasteiger partial charge in [-0.05, 0) is 56.6 Å². The molecule has 7 heteroatoms. The summed E-state index contributed by atoms with van der Waals surface area (Å²) in [5.74, 6) is -0.439. The summed E-state index contributed by atoms with van der Waals surface area (Å²) < 4.78 is 4.84. The molecule has 6 nitrogen and oxygen atoms in total. The number of anilines is 3. The van der Waals surface area contributed by atoms with Crippen LogP contribution in [0.1, 0.15) is 30.1 Å². The van der Waals surface area contributed by atoms with Gasteiger partial charge in [0.15, 0.2) is 0 Å². The van der Waals surface area contributed by atoms with E-state index in [2.05, 4.69) is 15.5 Å². The normalized spacial score (nSPS) is 12.9. The minimum atomic E-state index is -0.320. The highest BCUT2D eigenvalue weighted by molar-refractivity contribution is 6.31. The number of unbranched alkanes of at least 4 members (excludes halogenated alkanes) is 1. The molecule has 0 unspecified atom stereocenters. The molecule has 0 aliphatic carbocycles. The van der Waals surface area contributed by atoms with E-state index in [1.54, 1.807) is 19.1 Å². The highest BCUT2D eigenvalue weighted by Crippen LogP contribution is 2.39. The van der Waals surface area contributed by atoms with E-state index in [9.17, 15) is 9.59 Å². The highest BCUT2D eigenvalue weighted by Gasteiger charge is 2.24. The van der Waals surface area contributed by atoms with Crippen LogP contribution < -0.4 is 15.5 Å². The van der Waals surface area contributed by atoms with Crippen molar-refractivity contribution in [2.45, 2.75) is 19.8 Å². The third-order valence-electron chi connectivity index (χ3n) is 4.73. The molecule has 3 rings (SSSR count). The van der Waals surface area contributed by atoms with Crippen molar-refractivity contribution < 1.29 is 14.3 Å². The monoisotopic (exact) mass is 427 g/mol. The zero-order chi connectivity index (χ0) is 21.3. The van der Waals surface area contributed by atoms with E-state index in [-0.39, 0.29) is 11.9 Å². The van der Waals surface area contributed by atoms with Crippen LogP contribution in [0.3, 0.4) is 0 Å². The molecule has 30 heavy (non-hydrogen) atoms. The third kappa shape index (κ3) is 5.62. The molecule has 0 spiro atoms. The Morgan fingerprint density at radius 1 is 1.20 bits per heavy atom. The molecule has 0 aromatic heterocycles. The topological polar surface area (TPSA) is 70.7 Å². The molecule has 1 aliphatic rings. The summed E-state index contributed by atoms with van der Waals surface area (Å²) in [5, 5.41) is 6.90. The highest BCUT2D eigenvalue weighted by atomic mass is 35.5. The van der Waals surface area contributed by atoms with E-state index < -0.39 is 0 Å². The predicted molar refractivity (Wildman–Crippen MR) is 121 cm³/mol. The standard InChI is InChI=1S/C23H26ClN3O3/c1-2-30-22(28)10-7-14-25-13-5-6-15-27-20-9-4-3-8-18(20)23(29)26-19-12-11-17(24)16-21(19)27/h3-4,7-12,16,25H,2,5-6,13-15H2,1H3,(H,26,29)/b10-7+.